The number of halogens is 3. The van der Waals surface area contributed by atoms with Crippen molar-refractivity contribution < 1.29 is 19.4 Å². The average Bonchev–Trinajstić information content (AvgIpc) is 3.44. The SMILES string of the molecule is CC12CCC(O)CC13C=CC1(C(C(=O)Cc4c(F)cccc4Cl)=C3)C2CCC2(C)C1CCC2(O)CN1CCN(C(c2ccccc2)c2ccc(Cl)cc2)CC1. The van der Waals surface area contributed by atoms with E-state index in [1.165, 1.54) is 17.2 Å². The minimum Gasteiger partial charge on any atom is -0.393 e. The van der Waals surface area contributed by atoms with Crippen LogP contribution in [0.25, 0.3) is 0 Å². The number of aliphatic hydroxyl groups is 2. The zero-order valence-corrected chi connectivity index (χ0v) is 33.5. The van der Waals surface area contributed by atoms with Crippen LogP contribution in [0, 0.1) is 39.3 Å². The summed E-state index contributed by atoms with van der Waals surface area (Å²) in [5, 5.41) is 25.1. The molecule has 9 unspecified atom stereocenters. The number of hydrogen-bond donors (Lipinski definition) is 2. The smallest absolute Gasteiger partial charge is 0.164 e. The van der Waals surface area contributed by atoms with Gasteiger partial charge in [-0.05, 0) is 97.6 Å². The summed E-state index contributed by atoms with van der Waals surface area (Å²) in [7, 11) is 0. The number of allylic oxidation sites excluding steroid dienone is 4. The number of piperazine rings is 1. The molecule has 6 aliphatic carbocycles. The maximum Gasteiger partial charge on any atom is 0.164 e. The van der Waals surface area contributed by atoms with E-state index in [0.717, 1.165) is 68.9 Å². The van der Waals surface area contributed by atoms with E-state index in [4.69, 9.17) is 23.2 Å². The van der Waals surface area contributed by atoms with Crippen LogP contribution >= 0.6 is 23.2 Å². The van der Waals surface area contributed by atoms with Gasteiger partial charge in [0.15, 0.2) is 5.78 Å². The molecule has 1 saturated heterocycles. The fraction of sp³-hybridized carbons (Fsp3) is 0.511. The predicted molar refractivity (Wildman–Crippen MR) is 216 cm³/mol. The summed E-state index contributed by atoms with van der Waals surface area (Å²) >= 11 is 12.8. The number of carbonyl (C=O) groups is 1. The van der Waals surface area contributed by atoms with Crippen molar-refractivity contribution in [3.05, 3.63) is 129 Å². The van der Waals surface area contributed by atoms with E-state index in [2.05, 4.69) is 84.3 Å². The largest absolute Gasteiger partial charge is 0.393 e. The lowest BCUT2D eigenvalue weighted by molar-refractivity contribution is -0.180. The fourth-order valence-corrected chi connectivity index (χ4v) is 13.4. The van der Waals surface area contributed by atoms with Crippen LogP contribution in [0.15, 0.2) is 96.6 Å². The van der Waals surface area contributed by atoms with Crippen molar-refractivity contribution in [2.24, 2.45) is 33.5 Å². The van der Waals surface area contributed by atoms with Crippen molar-refractivity contribution in [3.8, 4) is 0 Å². The van der Waals surface area contributed by atoms with Crippen molar-refractivity contribution in [2.45, 2.75) is 83.0 Å². The lowest BCUT2D eigenvalue weighted by Gasteiger charge is -2.71. The highest BCUT2D eigenvalue weighted by atomic mass is 35.5. The highest BCUT2D eigenvalue weighted by Crippen LogP contribution is 2.78. The summed E-state index contributed by atoms with van der Waals surface area (Å²) in [6.45, 7) is 8.74. The third-order valence-corrected chi connectivity index (χ3v) is 16.6. The topological polar surface area (TPSA) is 64.0 Å². The lowest BCUT2D eigenvalue weighted by atomic mass is 9.32. The van der Waals surface area contributed by atoms with Crippen LogP contribution in [-0.2, 0) is 11.2 Å². The Hall–Kier alpha value is -2.84. The lowest BCUT2D eigenvalue weighted by Crippen LogP contribution is -2.67. The van der Waals surface area contributed by atoms with E-state index in [1.807, 2.05) is 12.1 Å². The van der Waals surface area contributed by atoms with Gasteiger partial charge >= 0.3 is 0 Å². The Labute approximate surface area is 335 Å². The molecule has 5 nitrogen and oxygen atoms in total. The molecule has 8 heteroatoms. The molecule has 4 fully saturated rings. The molecule has 0 radical (unpaired) electrons. The van der Waals surface area contributed by atoms with E-state index < -0.39 is 33.8 Å². The van der Waals surface area contributed by atoms with Gasteiger partial charge in [0, 0.05) is 76.6 Å². The van der Waals surface area contributed by atoms with E-state index in [1.54, 1.807) is 12.1 Å². The number of carbonyl (C=O) groups excluding carboxylic acids is 1. The Morgan fingerprint density at radius 1 is 0.836 bits per heavy atom. The monoisotopic (exact) mass is 782 g/mol. The molecule has 3 aromatic carbocycles. The highest BCUT2D eigenvalue weighted by molar-refractivity contribution is 6.31. The zero-order chi connectivity index (χ0) is 38.4. The van der Waals surface area contributed by atoms with Gasteiger partial charge in [0.05, 0.1) is 17.7 Å². The maximum atomic E-state index is 15.2. The Bertz CT molecular complexity index is 2010. The van der Waals surface area contributed by atoms with Crippen molar-refractivity contribution in [1.82, 2.24) is 9.80 Å². The van der Waals surface area contributed by atoms with E-state index in [0.29, 0.717) is 19.4 Å². The van der Waals surface area contributed by atoms with Gasteiger partial charge in [0.1, 0.15) is 5.82 Å². The summed E-state index contributed by atoms with van der Waals surface area (Å²) in [5.41, 5.74) is 0.971. The van der Waals surface area contributed by atoms with Crippen molar-refractivity contribution in [2.75, 3.05) is 32.7 Å². The Morgan fingerprint density at radius 2 is 1.51 bits per heavy atom. The first-order valence-corrected chi connectivity index (χ1v) is 21.2. The van der Waals surface area contributed by atoms with Crippen LogP contribution in [0.1, 0.15) is 81.5 Å². The van der Waals surface area contributed by atoms with Crippen LogP contribution in [-0.4, -0.2) is 70.2 Å². The number of nitrogens with zero attached hydrogens (tertiary/aromatic N) is 2. The molecule has 1 aliphatic heterocycles. The van der Waals surface area contributed by atoms with Gasteiger partial charge in [-0.1, -0.05) is 104 Å². The van der Waals surface area contributed by atoms with Crippen molar-refractivity contribution in [1.29, 1.82) is 0 Å². The first-order valence-electron chi connectivity index (χ1n) is 20.4. The molecule has 2 spiro atoms. The molecule has 9 atom stereocenters. The summed E-state index contributed by atoms with van der Waals surface area (Å²) in [6.07, 6.45) is 11.8. The van der Waals surface area contributed by atoms with Gasteiger partial charge in [-0.15, -0.1) is 0 Å². The van der Waals surface area contributed by atoms with Crippen LogP contribution in [0.5, 0.6) is 0 Å². The highest BCUT2D eigenvalue weighted by Gasteiger charge is 2.74. The number of benzene rings is 3. The van der Waals surface area contributed by atoms with Gasteiger partial charge in [0.25, 0.3) is 0 Å². The molecule has 3 saturated carbocycles. The van der Waals surface area contributed by atoms with Crippen LogP contribution in [0.2, 0.25) is 10.0 Å². The Balaban J connectivity index is 1.01. The van der Waals surface area contributed by atoms with E-state index >= 15 is 4.39 Å². The second-order valence-corrected chi connectivity index (χ2v) is 19.1. The second kappa shape index (κ2) is 13.6. The van der Waals surface area contributed by atoms with Gasteiger partial charge in [-0.2, -0.15) is 0 Å². The molecule has 2 N–H and O–H groups in total. The first-order chi connectivity index (χ1) is 26.3. The molecule has 10 rings (SSSR count). The number of aliphatic hydroxyl groups excluding tert-OH is 1. The summed E-state index contributed by atoms with van der Waals surface area (Å²) < 4.78 is 15.2. The first kappa shape index (κ1) is 37.7. The molecule has 55 heavy (non-hydrogen) atoms. The molecular formula is C47H53Cl2FN2O3. The summed E-state index contributed by atoms with van der Waals surface area (Å²) in [5.74, 6) is -0.325. The normalized spacial score (nSPS) is 37.5. The predicted octanol–water partition coefficient (Wildman–Crippen LogP) is 9.24. The second-order valence-electron chi connectivity index (χ2n) is 18.3. The third-order valence-electron chi connectivity index (χ3n) is 16.0. The minimum absolute atomic E-state index is 0.0434. The molecule has 0 amide bonds. The number of fused-ring (bicyclic) bond motifs is 1. The van der Waals surface area contributed by atoms with Gasteiger partial charge in [-0.25, -0.2) is 4.39 Å². The van der Waals surface area contributed by atoms with Crippen LogP contribution in [0.3, 0.4) is 0 Å². The van der Waals surface area contributed by atoms with Crippen molar-refractivity contribution in [3.63, 3.8) is 0 Å². The summed E-state index contributed by atoms with van der Waals surface area (Å²) in [4.78, 5) is 19.8. The molecule has 290 valence electrons. The minimum atomic E-state index is -0.930. The number of ketones is 1. The van der Waals surface area contributed by atoms with E-state index in [9.17, 15) is 15.0 Å². The molecule has 1 heterocycles. The molecule has 0 aromatic heterocycles. The molecule has 7 aliphatic rings. The van der Waals surface area contributed by atoms with E-state index in [-0.39, 0.29) is 46.1 Å². The quantitative estimate of drug-likeness (QED) is 0.223. The number of rotatable bonds is 8. The zero-order valence-electron chi connectivity index (χ0n) is 32.0. The number of hydrogen-bond acceptors (Lipinski definition) is 5. The van der Waals surface area contributed by atoms with Crippen molar-refractivity contribution >= 4 is 29.0 Å². The standard InChI is InChI=1S/C47H53Cl2FN2O3/c1-43-18-15-34(53)28-45(43)21-22-47(36(29-45)39(54)27-35-37(49)9-6-10-38(35)50)40(43)16-19-44(2)41(47)17-20-46(44,55)30-51-23-25-52(26-24-51)42(31-7-4-3-5-8-31)32-11-13-33(48)14-12-32/h3-14,21-22,29,34,40-42,53,55H,15-20,23-28,30H2,1-2H3. The number of Topliss-reactive ketones (excluding diaryl/α,β-unsaturated/α-hetero) is 1. The molecular weight excluding hydrogens is 730 g/mol. The summed E-state index contributed by atoms with van der Waals surface area (Å²) in [6, 6.07) is 23.6. The Kier molecular flexibility index (Phi) is 9.35. The van der Waals surface area contributed by atoms with Crippen LogP contribution < -0.4 is 0 Å². The Morgan fingerprint density at radius 3 is 2.24 bits per heavy atom. The van der Waals surface area contributed by atoms with Gasteiger partial charge in [-0.3, -0.25) is 14.6 Å². The molecule has 3 aromatic rings. The fourth-order valence-electron chi connectivity index (χ4n) is 13.1. The maximum absolute atomic E-state index is 15.2. The molecule has 2 bridgehead atoms. The van der Waals surface area contributed by atoms with Gasteiger partial charge < -0.3 is 10.2 Å². The average molecular weight is 784 g/mol. The number of β-amino-alcohol motifs (C(OH)–C–C–N with tert-alkyl or cyclic N) is 1. The third kappa shape index (κ3) is 5.71. The van der Waals surface area contributed by atoms with Crippen LogP contribution in [0.4, 0.5) is 4.39 Å². The van der Waals surface area contributed by atoms with Gasteiger partial charge in [0.2, 0.25) is 0 Å².